The van der Waals surface area contributed by atoms with Crippen LogP contribution in [-0.2, 0) is 4.74 Å². The van der Waals surface area contributed by atoms with Crippen molar-refractivity contribution in [2.45, 2.75) is 57.0 Å². The zero-order valence-electron chi connectivity index (χ0n) is 10.3. The molecule has 0 radical (unpaired) electrons. The van der Waals surface area contributed by atoms with Gasteiger partial charge in [0.05, 0.1) is 12.0 Å². The van der Waals surface area contributed by atoms with E-state index in [1.165, 1.54) is 6.08 Å². The predicted molar refractivity (Wildman–Crippen MR) is 62.0 cm³/mol. The monoisotopic (exact) mass is 241 g/mol. The van der Waals surface area contributed by atoms with Crippen LogP contribution in [0.15, 0.2) is 12.2 Å². The minimum atomic E-state index is -1.71. The first-order valence-electron chi connectivity index (χ1n) is 6.20. The highest BCUT2D eigenvalue weighted by atomic mass is 16.7. The zero-order chi connectivity index (χ0) is 12.7. The summed E-state index contributed by atoms with van der Waals surface area (Å²) in [5, 5.41) is 21.8. The molecule has 0 bridgehead atoms. The van der Waals surface area contributed by atoms with Crippen molar-refractivity contribution in [2.24, 2.45) is 5.92 Å². The third-order valence-corrected chi connectivity index (χ3v) is 4.13. The minimum Gasteiger partial charge on any atom is -0.357 e. The summed E-state index contributed by atoms with van der Waals surface area (Å²) in [6.07, 6.45) is 5.72. The Morgan fingerprint density at radius 1 is 1.65 bits per heavy atom. The summed E-state index contributed by atoms with van der Waals surface area (Å²) in [6, 6.07) is 0. The van der Waals surface area contributed by atoms with E-state index in [2.05, 4.69) is 6.92 Å². The first-order chi connectivity index (χ1) is 7.98. The van der Waals surface area contributed by atoms with E-state index in [4.69, 9.17) is 4.74 Å². The molecule has 5 nitrogen and oxygen atoms in total. The maximum atomic E-state index is 11.5. The maximum absolute atomic E-state index is 11.5. The third-order valence-electron chi connectivity index (χ3n) is 4.13. The molecular weight excluding hydrogens is 222 g/mol. The lowest BCUT2D eigenvalue weighted by Gasteiger charge is -2.29. The van der Waals surface area contributed by atoms with Gasteiger partial charge in [-0.1, -0.05) is 25.8 Å². The Labute approximate surface area is 101 Å². The summed E-state index contributed by atoms with van der Waals surface area (Å²) in [6.45, 7) is 3.87. The molecule has 0 spiro atoms. The lowest BCUT2D eigenvalue weighted by molar-refractivity contribution is -0.601. The van der Waals surface area contributed by atoms with Gasteiger partial charge in [0, 0.05) is 11.3 Å². The molecule has 0 aromatic carbocycles. The number of ether oxygens (including phenoxy) is 1. The molecule has 1 saturated heterocycles. The van der Waals surface area contributed by atoms with Crippen LogP contribution in [0, 0.1) is 16.0 Å². The second kappa shape index (κ2) is 4.07. The summed E-state index contributed by atoms with van der Waals surface area (Å²) in [4.78, 5) is 11.1. The fourth-order valence-electron chi connectivity index (χ4n) is 3.24. The van der Waals surface area contributed by atoms with Gasteiger partial charge in [-0.15, -0.1) is 0 Å². The van der Waals surface area contributed by atoms with Crippen LogP contribution in [-0.4, -0.2) is 27.5 Å². The van der Waals surface area contributed by atoms with E-state index in [1.54, 1.807) is 6.08 Å². The number of unbranched alkanes of at least 4 members (excludes halogenated alkanes) is 1. The Bertz CT molecular complexity index is 356. The topological polar surface area (TPSA) is 72.6 Å². The Kier molecular flexibility index (Phi) is 2.99. The Morgan fingerprint density at radius 2 is 2.35 bits per heavy atom. The molecule has 5 heteroatoms. The number of hydrogen-bond donors (Lipinski definition) is 1. The number of fused-ring (bicyclic) bond motifs is 1. The lowest BCUT2D eigenvalue weighted by atomic mass is 9.76. The van der Waals surface area contributed by atoms with Crippen LogP contribution in [0.5, 0.6) is 0 Å². The van der Waals surface area contributed by atoms with E-state index >= 15 is 0 Å². The van der Waals surface area contributed by atoms with Gasteiger partial charge < -0.3 is 9.84 Å². The van der Waals surface area contributed by atoms with Crippen LogP contribution in [0.3, 0.4) is 0 Å². The lowest BCUT2D eigenvalue weighted by Crippen LogP contribution is -2.56. The molecule has 0 amide bonds. The van der Waals surface area contributed by atoms with Crippen molar-refractivity contribution in [3.63, 3.8) is 0 Å². The van der Waals surface area contributed by atoms with E-state index in [0.717, 1.165) is 19.3 Å². The maximum Gasteiger partial charge on any atom is 0.287 e. The summed E-state index contributed by atoms with van der Waals surface area (Å²) < 4.78 is 5.47. The molecule has 1 N–H and O–H groups in total. The molecule has 2 unspecified atom stereocenters. The van der Waals surface area contributed by atoms with Crippen LogP contribution < -0.4 is 0 Å². The van der Waals surface area contributed by atoms with Gasteiger partial charge in [-0.3, -0.25) is 10.1 Å². The van der Waals surface area contributed by atoms with Crippen molar-refractivity contribution in [3.8, 4) is 0 Å². The molecule has 1 heterocycles. The van der Waals surface area contributed by atoms with Gasteiger partial charge in [-0.05, 0) is 19.4 Å². The Morgan fingerprint density at radius 3 is 2.94 bits per heavy atom. The van der Waals surface area contributed by atoms with Crippen molar-refractivity contribution in [1.82, 2.24) is 0 Å². The van der Waals surface area contributed by atoms with E-state index in [9.17, 15) is 15.2 Å². The minimum absolute atomic E-state index is 0.225. The van der Waals surface area contributed by atoms with Crippen molar-refractivity contribution < 1.29 is 14.8 Å². The largest absolute Gasteiger partial charge is 0.357 e. The highest BCUT2D eigenvalue weighted by Crippen LogP contribution is 2.52. The molecule has 1 aliphatic carbocycles. The van der Waals surface area contributed by atoms with Crippen molar-refractivity contribution in [1.29, 1.82) is 0 Å². The van der Waals surface area contributed by atoms with Crippen molar-refractivity contribution >= 4 is 0 Å². The standard InChI is InChI=1S/C12H19NO4/c1-3-4-6-10-9(2)17-12(14)8-5-7-11(10,12)13(15)16/h5,8-10,14H,3-4,6-7H2,1-2H3/t9-,10-,11?,12?/m1/s1. The van der Waals surface area contributed by atoms with Crippen LogP contribution >= 0.6 is 0 Å². The molecule has 0 aromatic heterocycles. The van der Waals surface area contributed by atoms with Crippen molar-refractivity contribution in [3.05, 3.63) is 22.3 Å². The molecular formula is C12H19NO4. The van der Waals surface area contributed by atoms with Crippen LogP contribution in [0.2, 0.25) is 0 Å². The van der Waals surface area contributed by atoms with Gasteiger partial charge >= 0.3 is 0 Å². The molecule has 1 fully saturated rings. The number of nitro groups is 1. The fourth-order valence-corrected chi connectivity index (χ4v) is 3.24. The van der Waals surface area contributed by atoms with Gasteiger partial charge in [0.2, 0.25) is 0 Å². The predicted octanol–water partition coefficient (Wildman–Crippen LogP) is 1.88. The number of hydrogen-bond acceptors (Lipinski definition) is 4. The first-order valence-corrected chi connectivity index (χ1v) is 6.20. The first kappa shape index (κ1) is 12.5. The van der Waals surface area contributed by atoms with Crippen molar-refractivity contribution in [2.75, 3.05) is 0 Å². The van der Waals surface area contributed by atoms with E-state index in [0.29, 0.717) is 0 Å². The smallest absolute Gasteiger partial charge is 0.287 e. The molecule has 4 atom stereocenters. The number of aliphatic hydroxyl groups is 1. The third kappa shape index (κ3) is 1.52. The van der Waals surface area contributed by atoms with E-state index < -0.39 is 11.3 Å². The van der Waals surface area contributed by atoms with Gasteiger partial charge in [0.15, 0.2) is 0 Å². The van der Waals surface area contributed by atoms with Gasteiger partial charge in [0.25, 0.3) is 11.3 Å². The molecule has 0 aromatic rings. The van der Waals surface area contributed by atoms with Crippen LogP contribution in [0.1, 0.15) is 39.5 Å². The van der Waals surface area contributed by atoms with Crippen LogP contribution in [0.4, 0.5) is 0 Å². The van der Waals surface area contributed by atoms with Gasteiger partial charge in [-0.2, -0.15) is 0 Å². The van der Waals surface area contributed by atoms with E-state index in [-0.39, 0.29) is 23.4 Å². The van der Waals surface area contributed by atoms with Gasteiger partial charge in [0.1, 0.15) is 0 Å². The number of rotatable bonds is 4. The molecule has 96 valence electrons. The molecule has 1 aliphatic heterocycles. The Hall–Kier alpha value is -0.940. The summed E-state index contributed by atoms with van der Waals surface area (Å²) >= 11 is 0. The zero-order valence-corrected chi connectivity index (χ0v) is 10.3. The average molecular weight is 241 g/mol. The van der Waals surface area contributed by atoms with Crippen LogP contribution in [0.25, 0.3) is 0 Å². The van der Waals surface area contributed by atoms with Gasteiger partial charge in [-0.25, -0.2) is 0 Å². The van der Waals surface area contributed by atoms with E-state index in [1.807, 2.05) is 6.92 Å². The summed E-state index contributed by atoms with van der Waals surface area (Å²) in [5.41, 5.74) is -1.37. The molecule has 2 rings (SSSR count). The molecule has 17 heavy (non-hydrogen) atoms. The molecule has 2 aliphatic rings. The second-order valence-electron chi connectivity index (χ2n) is 5.06. The fraction of sp³-hybridized carbons (Fsp3) is 0.833. The Balaban J connectivity index is 2.34. The molecule has 0 saturated carbocycles. The normalized spacial score (nSPS) is 43.9. The SMILES string of the molecule is CCCC[C@@H]1[C@@H](C)OC2(O)C=CCC12[N+](=O)[O-]. The summed E-state index contributed by atoms with van der Waals surface area (Å²) in [7, 11) is 0. The average Bonchev–Trinajstić information content (AvgIpc) is 2.66. The highest BCUT2D eigenvalue weighted by Gasteiger charge is 2.73. The summed E-state index contributed by atoms with van der Waals surface area (Å²) in [5.74, 6) is -1.94. The second-order valence-corrected chi connectivity index (χ2v) is 5.06. The quantitative estimate of drug-likeness (QED) is 0.463. The number of nitrogens with zero attached hydrogens (tertiary/aromatic N) is 1. The highest BCUT2D eigenvalue weighted by molar-refractivity contribution is 5.23.